The summed E-state index contributed by atoms with van der Waals surface area (Å²) in [6.45, 7) is 0.707. The van der Waals surface area contributed by atoms with Gasteiger partial charge in [-0.1, -0.05) is 33.2 Å². The van der Waals surface area contributed by atoms with Crippen molar-refractivity contribution in [2.75, 3.05) is 11.9 Å². The molecule has 2 aromatic heterocycles. The van der Waals surface area contributed by atoms with E-state index in [4.69, 9.17) is 9.26 Å². The maximum atomic E-state index is 5.69. The Hall–Kier alpha value is -1.33. The van der Waals surface area contributed by atoms with Crippen LogP contribution in [0.4, 0.5) is 0 Å². The highest BCUT2D eigenvalue weighted by Gasteiger charge is 2.12. The Labute approximate surface area is 123 Å². The van der Waals surface area contributed by atoms with E-state index in [0.29, 0.717) is 6.61 Å². The zero-order valence-corrected chi connectivity index (χ0v) is 12.5. The number of fused-ring (bicyclic) bond motifs is 1. The molecule has 5 heteroatoms. The van der Waals surface area contributed by atoms with Gasteiger partial charge in [-0.3, -0.25) is 0 Å². The zero-order valence-electron chi connectivity index (χ0n) is 10.1. The molecule has 0 fully saturated rings. The Morgan fingerprint density at radius 1 is 1.32 bits per heavy atom. The van der Waals surface area contributed by atoms with Crippen molar-refractivity contribution in [2.24, 2.45) is 0 Å². The minimum Gasteiger partial charge on any atom is -0.494 e. The third-order valence-electron chi connectivity index (χ3n) is 2.75. The lowest BCUT2D eigenvalue weighted by molar-refractivity contribution is 0.319. The normalized spacial score (nSPS) is 11.0. The van der Waals surface area contributed by atoms with Gasteiger partial charge in [-0.05, 0) is 30.0 Å². The summed E-state index contributed by atoms with van der Waals surface area (Å²) in [6, 6.07) is 9.96. The number of halogens is 1. The highest BCUT2D eigenvalue weighted by molar-refractivity contribution is 9.09. The predicted molar refractivity (Wildman–Crippen MR) is 81.2 cm³/mol. The maximum Gasteiger partial charge on any atom is 0.175 e. The summed E-state index contributed by atoms with van der Waals surface area (Å²) in [5, 5.41) is 8.08. The van der Waals surface area contributed by atoms with Crippen molar-refractivity contribution < 1.29 is 9.26 Å². The van der Waals surface area contributed by atoms with Gasteiger partial charge < -0.3 is 9.26 Å². The van der Waals surface area contributed by atoms with Crippen LogP contribution >= 0.6 is 27.3 Å². The summed E-state index contributed by atoms with van der Waals surface area (Å²) in [5.74, 6) is 1.67. The Morgan fingerprint density at radius 2 is 2.26 bits per heavy atom. The van der Waals surface area contributed by atoms with Crippen LogP contribution in [0.1, 0.15) is 6.42 Å². The molecule has 0 amide bonds. The van der Waals surface area contributed by atoms with Gasteiger partial charge in [0, 0.05) is 10.9 Å². The van der Waals surface area contributed by atoms with Crippen molar-refractivity contribution in [1.82, 2.24) is 5.16 Å². The molecule has 19 heavy (non-hydrogen) atoms. The second kappa shape index (κ2) is 5.75. The summed E-state index contributed by atoms with van der Waals surface area (Å²) >= 11 is 4.97. The highest BCUT2D eigenvalue weighted by Crippen LogP contribution is 2.33. The minimum absolute atomic E-state index is 0.707. The number of hydrogen-bond donors (Lipinski definition) is 0. The average molecular weight is 338 g/mol. The van der Waals surface area contributed by atoms with Gasteiger partial charge in [-0.2, -0.15) is 0 Å². The lowest BCUT2D eigenvalue weighted by Crippen LogP contribution is -1.97. The molecule has 0 saturated carbocycles. The van der Waals surface area contributed by atoms with Crippen LogP contribution in [-0.4, -0.2) is 17.1 Å². The molecule has 0 bridgehead atoms. The van der Waals surface area contributed by atoms with Crippen LogP contribution in [-0.2, 0) is 0 Å². The molecule has 0 N–H and O–H groups in total. The number of benzene rings is 1. The van der Waals surface area contributed by atoms with Gasteiger partial charge in [0.25, 0.3) is 0 Å². The van der Waals surface area contributed by atoms with E-state index in [9.17, 15) is 0 Å². The summed E-state index contributed by atoms with van der Waals surface area (Å²) in [4.78, 5) is 0.931. The van der Waals surface area contributed by atoms with Gasteiger partial charge in [-0.15, -0.1) is 11.3 Å². The maximum absolute atomic E-state index is 5.69. The average Bonchev–Trinajstić information content (AvgIpc) is 3.01. The molecule has 0 radical (unpaired) electrons. The minimum atomic E-state index is 0.707. The van der Waals surface area contributed by atoms with Gasteiger partial charge >= 0.3 is 0 Å². The van der Waals surface area contributed by atoms with E-state index in [1.54, 1.807) is 11.3 Å². The van der Waals surface area contributed by atoms with Gasteiger partial charge in [0.2, 0.25) is 0 Å². The van der Waals surface area contributed by atoms with Gasteiger partial charge in [0.05, 0.1) is 12.0 Å². The van der Waals surface area contributed by atoms with Crippen LogP contribution in [0, 0.1) is 0 Å². The van der Waals surface area contributed by atoms with Crippen molar-refractivity contribution in [2.45, 2.75) is 6.42 Å². The second-order valence-electron chi connectivity index (χ2n) is 4.07. The number of hydrogen-bond acceptors (Lipinski definition) is 4. The lowest BCUT2D eigenvalue weighted by Gasteiger charge is -2.05. The van der Waals surface area contributed by atoms with E-state index in [1.807, 2.05) is 35.7 Å². The molecule has 0 saturated heterocycles. The molecule has 0 aliphatic heterocycles. The molecule has 3 rings (SSSR count). The lowest BCUT2D eigenvalue weighted by atomic mass is 10.1. The number of aromatic nitrogens is 1. The van der Waals surface area contributed by atoms with Crippen molar-refractivity contribution in [3.8, 4) is 17.1 Å². The first-order chi connectivity index (χ1) is 9.38. The molecule has 0 unspecified atom stereocenters. The van der Waals surface area contributed by atoms with Crippen molar-refractivity contribution in [1.29, 1.82) is 0 Å². The van der Waals surface area contributed by atoms with Crippen LogP contribution in [0.2, 0.25) is 0 Å². The highest BCUT2D eigenvalue weighted by atomic mass is 79.9. The predicted octanol–water partition coefficient (Wildman–Crippen LogP) is 4.72. The number of ether oxygens (including phenoxy) is 1. The summed E-state index contributed by atoms with van der Waals surface area (Å²) in [7, 11) is 0. The molecule has 0 spiro atoms. The molecule has 0 aliphatic rings. The Kier molecular flexibility index (Phi) is 3.84. The van der Waals surface area contributed by atoms with Crippen molar-refractivity contribution in [3.63, 3.8) is 0 Å². The van der Waals surface area contributed by atoms with Crippen LogP contribution in [0.15, 0.2) is 40.2 Å². The van der Waals surface area contributed by atoms with Crippen LogP contribution in [0.25, 0.3) is 21.5 Å². The fourth-order valence-corrected chi connectivity index (χ4v) is 2.79. The second-order valence-corrected chi connectivity index (χ2v) is 5.76. The molecule has 3 aromatic rings. The topological polar surface area (TPSA) is 35.3 Å². The number of nitrogens with zero attached hydrogens (tertiary/aromatic N) is 1. The fourth-order valence-electron chi connectivity index (χ4n) is 1.86. The zero-order chi connectivity index (χ0) is 13.1. The Morgan fingerprint density at radius 3 is 3.16 bits per heavy atom. The summed E-state index contributed by atoms with van der Waals surface area (Å²) in [5.41, 5.74) is 0.997. The van der Waals surface area contributed by atoms with Gasteiger partial charge in [-0.25, -0.2) is 0 Å². The third kappa shape index (κ3) is 2.67. The van der Waals surface area contributed by atoms with Crippen LogP contribution in [0.5, 0.6) is 5.75 Å². The monoisotopic (exact) mass is 337 g/mol. The van der Waals surface area contributed by atoms with Crippen LogP contribution in [0.3, 0.4) is 0 Å². The van der Waals surface area contributed by atoms with Gasteiger partial charge in [0.15, 0.2) is 10.6 Å². The van der Waals surface area contributed by atoms with E-state index >= 15 is 0 Å². The summed E-state index contributed by atoms with van der Waals surface area (Å²) in [6.07, 6.45) is 0.987. The Bertz CT molecular complexity index is 677. The van der Waals surface area contributed by atoms with Crippen LogP contribution < -0.4 is 4.74 Å². The largest absolute Gasteiger partial charge is 0.494 e. The first-order valence-electron chi connectivity index (χ1n) is 6.00. The van der Waals surface area contributed by atoms with Crippen molar-refractivity contribution >= 4 is 37.5 Å². The molecule has 0 aliphatic carbocycles. The SMILES string of the molecule is BrCCCOc1cccc(-c2onc3sccc23)c1. The van der Waals surface area contributed by atoms with E-state index in [2.05, 4.69) is 21.1 Å². The fraction of sp³-hybridized carbons (Fsp3) is 0.214. The van der Waals surface area contributed by atoms with E-state index in [1.165, 1.54) is 0 Å². The first kappa shape index (κ1) is 12.7. The van der Waals surface area contributed by atoms with E-state index in [0.717, 1.165) is 39.0 Å². The number of thiophene rings is 1. The molecule has 3 nitrogen and oxygen atoms in total. The Balaban J connectivity index is 1.89. The first-order valence-corrected chi connectivity index (χ1v) is 8.00. The number of rotatable bonds is 5. The van der Waals surface area contributed by atoms with Crippen molar-refractivity contribution in [3.05, 3.63) is 35.7 Å². The third-order valence-corrected chi connectivity index (χ3v) is 4.10. The molecule has 2 heterocycles. The molecular formula is C14H12BrNO2S. The molecule has 98 valence electrons. The van der Waals surface area contributed by atoms with E-state index < -0.39 is 0 Å². The molecular weight excluding hydrogens is 326 g/mol. The molecule has 0 atom stereocenters. The van der Waals surface area contributed by atoms with E-state index in [-0.39, 0.29) is 0 Å². The summed E-state index contributed by atoms with van der Waals surface area (Å²) < 4.78 is 11.1. The smallest absolute Gasteiger partial charge is 0.175 e. The molecule has 1 aromatic carbocycles. The standard InChI is InChI=1S/C14H12BrNO2S/c15-6-2-7-17-11-4-1-3-10(9-11)13-12-5-8-19-14(12)16-18-13/h1,3-5,8-9H,2,6-7H2. The van der Waals surface area contributed by atoms with Gasteiger partial charge in [0.1, 0.15) is 5.75 Å². The quantitative estimate of drug-likeness (QED) is 0.499. The number of alkyl halides is 1.